The van der Waals surface area contributed by atoms with E-state index in [-0.39, 0.29) is 24.7 Å². The summed E-state index contributed by atoms with van der Waals surface area (Å²) in [6.45, 7) is 12.7. The van der Waals surface area contributed by atoms with E-state index in [0.717, 1.165) is 6.42 Å². The van der Waals surface area contributed by atoms with Crippen molar-refractivity contribution in [1.29, 1.82) is 0 Å². The molecule has 0 aliphatic heterocycles. The van der Waals surface area contributed by atoms with E-state index < -0.39 is 11.7 Å². The summed E-state index contributed by atoms with van der Waals surface area (Å²) >= 11 is 0. The van der Waals surface area contributed by atoms with E-state index in [1.54, 1.807) is 11.9 Å². The van der Waals surface area contributed by atoms with Crippen molar-refractivity contribution in [1.82, 2.24) is 10.2 Å². The third-order valence-corrected chi connectivity index (χ3v) is 3.01. The normalized spacial score (nSPS) is 12.8. The predicted molar refractivity (Wildman–Crippen MR) is 93.0 cm³/mol. The van der Waals surface area contributed by atoms with E-state index >= 15 is 0 Å². The van der Waals surface area contributed by atoms with Gasteiger partial charge in [0, 0.05) is 20.1 Å². The van der Waals surface area contributed by atoms with Crippen LogP contribution in [0.4, 0.5) is 4.79 Å². The minimum Gasteiger partial charge on any atom is -0.444 e. The topological polar surface area (TPSA) is 77.1 Å². The molecule has 0 spiro atoms. The zero-order valence-electron chi connectivity index (χ0n) is 16.2. The van der Waals surface area contributed by atoms with E-state index in [2.05, 4.69) is 5.32 Å². The second kappa shape index (κ2) is 11.3. The van der Waals surface area contributed by atoms with Gasteiger partial charge in [-0.1, -0.05) is 0 Å². The van der Waals surface area contributed by atoms with Crippen LogP contribution in [-0.4, -0.2) is 68.1 Å². The smallest absolute Gasteiger partial charge is 0.407 e. The number of ether oxygens (including phenoxy) is 3. The quantitative estimate of drug-likeness (QED) is 0.614. The average Bonchev–Trinajstić information content (AvgIpc) is 2.44. The summed E-state index contributed by atoms with van der Waals surface area (Å²) in [6.07, 6.45) is 0.305. The van der Waals surface area contributed by atoms with Crippen LogP contribution in [0.3, 0.4) is 0 Å². The molecule has 0 saturated heterocycles. The highest BCUT2D eigenvalue weighted by Crippen LogP contribution is 2.06. The number of likely N-dealkylation sites (N-methyl/N-ethyl adjacent to an activating group) is 1. The molecule has 1 atom stereocenters. The van der Waals surface area contributed by atoms with Gasteiger partial charge in [0.2, 0.25) is 5.91 Å². The van der Waals surface area contributed by atoms with Crippen LogP contribution in [0.2, 0.25) is 0 Å². The molecule has 0 fully saturated rings. The minimum atomic E-state index is -0.505. The lowest BCUT2D eigenvalue weighted by Crippen LogP contribution is -2.35. The van der Waals surface area contributed by atoms with Crippen molar-refractivity contribution in [2.45, 2.75) is 65.8 Å². The Hall–Kier alpha value is -1.34. The van der Waals surface area contributed by atoms with Crippen molar-refractivity contribution >= 4 is 12.0 Å². The molecule has 0 aromatic carbocycles. The first kappa shape index (κ1) is 22.7. The van der Waals surface area contributed by atoms with Crippen LogP contribution in [0, 0.1) is 0 Å². The number of nitrogens with one attached hydrogen (secondary N) is 1. The zero-order valence-corrected chi connectivity index (χ0v) is 16.2. The van der Waals surface area contributed by atoms with Crippen LogP contribution in [0.1, 0.15) is 48.0 Å². The maximum Gasteiger partial charge on any atom is 0.407 e. The number of carbonyl (C=O) groups is 2. The predicted octanol–water partition coefficient (Wildman–Crippen LogP) is 2.19. The number of alkyl carbamates (subject to hydrolysis) is 1. The first-order valence-corrected chi connectivity index (χ1v) is 8.45. The second-order valence-corrected chi connectivity index (χ2v) is 7.07. The molecule has 0 bridgehead atoms. The first-order valence-electron chi connectivity index (χ1n) is 8.45. The fraction of sp³-hybridized carbons (Fsp3) is 0.882. The molecule has 1 unspecified atom stereocenters. The maximum absolute atomic E-state index is 11.8. The lowest BCUT2D eigenvalue weighted by atomic mass is 10.2. The third-order valence-electron chi connectivity index (χ3n) is 3.01. The number of amides is 2. The van der Waals surface area contributed by atoms with Crippen LogP contribution in [-0.2, 0) is 19.0 Å². The van der Waals surface area contributed by atoms with Crippen LogP contribution in [0.25, 0.3) is 0 Å². The largest absolute Gasteiger partial charge is 0.444 e. The molecule has 142 valence electrons. The molecule has 0 aromatic rings. The Morgan fingerprint density at radius 1 is 1.12 bits per heavy atom. The summed E-state index contributed by atoms with van der Waals surface area (Å²) in [4.78, 5) is 24.9. The molecule has 0 aliphatic rings. The van der Waals surface area contributed by atoms with Gasteiger partial charge in [0.15, 0.2) is 0 Å². The Kier molecular flexibility index (Phi) is 10.6. The standard InChI is InChI=1S/C17H34N2O5/c1-13(2)23-12-15(20)19(7)10-8-14(3)22-11-9-18-16(21)24-17(4,5)6/h13-14H,8-12H2,1-7H3,(H,18,21). The number of carbonyl (C=O) groups excluding carboxylic acids is 2. The van der Waals surface area contributed by atoms with E-state index in [1.165, 1.54) is 0 Å². The number of hydrogen-bond acceptors (Lipinski definition) is 5. The number of nitrogens with zero attached hydrogens (tertiary/aromatic N) is 1. The van der Waals surface area contributed by atoms with Crippen LogP contribution >= 0.6 is 0 Å². The summed E-state index contributed by atoms with van der Waals surface area (Å²) in [6, 6.07) is 0. The van der Waals surface area contributed by atoms with E-state index in [0.29, 0.717) is 19.7 Å². The molecule has 0 aromatic heterocycles. The molecule has 0 heterocycles. The monoisotopic (exact) mass is 346 g/mol. The van der Waals surface area contributed by atoms with Crippen LogP contribution in [0.15, 0.2) is 0 Å². The van der Waals surface area contributed by atoms with Gasteiger partial charge in [0.1, 0.15) is 12.2 Å². The van der Waals surface area contributed by atoms with Gasteiger partial charge in [-0.2, -0.15) is 0 Å². The molecule has 7 nitrogen and oxygen atoms in total. The van der Waals surface area contributed by atoms with Gasteiger partial charge in [-0.05, 0) is 48.0 Å². The lowest BCUT2D eigenvalue weighted by Gasteiger charge is -2.21. The van der Waals surface area contributed by atoms with Crippen molar-refractivity contribution in [3.05, 3.63) is 0 Å². The number of rotatable bonds is 10. The lowest BCUT2D eigenvalue weighted by molar-refractivity contribution is -0.136. The molecule has 24 heavy (non-hydrogen) atoms. The van der Waals surface area contributed by atoms with Crippen LogP contribution < -0.4 is 5.32 Å². The SMILES string of the molecule is CC(C)OCC(=O)N(C)CCC(C)OCCNC(=O)OC(C)(C)C. The number of hydrogen-bond donors (Lipinski definition) is 1. The molecule has 0 radical (unpaired) electrons. The highest BCUT2D eigenvalue weighted by Gasteiger charge is 2.16. The van der Waals surface area contributed by atoms with Crippen molar-refractivity contribution in [2.24, 2.45) is 0 Å². The fourth-order valence-corrected chi connectivity index (χ4v) is 1.66. The molecule has 0 saturated carbocycles. The fourth-order valence-electron chi connectivity index (χ4n) is 1.66. The van der Waals surface area contributed by atoms with E-state index in [1.807, 2.05) is 41.5 Å². The van der Waals surface area contributed by atoms with Crippen molar-refractivity contribution in [2.75, 3.05) is 33.4 Å². The van der Waals surface area contributed by atoms with Crippen LogP contribution in [0.5, 0.6) is 0 Å². The highest BCUT2D eigenvalue weighted by atomic mass is 16.6. The first-order chi connectivity index (χ1) is 11.0. The Balaban J connectivity index is 3.77. The summed E-state index contributed by atoms with van der Waals surface area (Å²) in [5, 5.41) is 2.64. The van der Waals surface area contributed by atoms with Crippen molar-refractivity contribution < 1.29 is 23.8 Å². The summed E-state index contributed by atoms with van der Waals surface area (Å²) in [5.74, 6) is -0.0394. The molecule has 0 rings (SSSR count). The van der Waals surface area contributed by atoms with E-state index in [4.69, 9.17) is 14.2 Å². The van der Waals surface area contributed by atoms with Gasteiger partial charge < -0.3 is 24.4 Å². The molecule has 0 aliphatic carbocycles. The molecular formula is C17H34N2O5. The molecule has 1 N–H and O–H groups in total. The van der Waals surface area contributed by atoms with Gasteiger partial charge in [0.05, 0.1) is 18.8 Å². The minimum absolute atomic E-state index is 0.00768. The van der Waals surface area contributed by atoms with Gasteiger partial charge >= 0.3 is 6.09 Å². The Morgan fingerprint density at radius 3 is 2.29 bits per heavy atom. The maximum atomic E-state index is 11.8. The summed E-state index contributed by atoms with van der Waals surface area (Å²) in [7, 11) is 1.75. The average molecular weight is 346 g/mol. The Morgan fingerprint density at radius 2 is 1.75 bits per heavy atom. The van der Waals surface area contributed by atoms with Crippen molar-refractivity contribution in [3.8, 4) is 0 Å². The van der Waals surface area contributed by atoms with Crippen molar-refractivity contribution in [3.63, 3.8) is 0 Å². The third kappa shape index (κ3) is 13.1. The summed E-state index contributed by atoms with van der Waals surface area (Å²) in [5.41, 5.74) is -0.505. The highest BCUT2D eigenvalue weighted by molar-refractivity contribution is 5.77. The van der Waals surface area contributed by atoms with Gasteiger partial charge in [-0.3, -0.25) is 4.79 Å². The van der Waals surface area contributed by atoms with Gasteiger partial charge in [-0.25, -0.2) is 4.79 Å². The van der Waals surface area contributed by atoms with E-state index in [9.17, 15) is 9.59 Å². The van der Waals surface area contributed by atoms with Gasteiger partial charge in [-0.15, -0.1) is 0 Å². The Bertz CT molecular complexity index is 380. The Labute approximate surface area is 146 Å². The molecular weight excluding hydrogens is 312 g/mol. The summed E-state index contributed by atoms with van der Waals surface area (Å²) < 4.78 is 16.0. The zero-order chi connectivity index (χ0) is 18.8. The molecule has 7 heteroatoms. The van der Waals surface area contributed by atoms with Gasteiger partial charge in [0.25, 0.3) is 0 Å². The molecule has 2 amide bonds. The second-order valence-electron chi connectivity index (χ2n) is 7.07.